The Bertz CT molecular complexity index is 490. The van der Waals surface area contributed by atoms with Gasteiger partial charge in [0.05, 0.1) is 11.4 Å². The molecule has 1 aromatic heterocycles. The van der Waals surface area contributed by atoms with Gasteiger partial charge in [-0.25, -0.2) is 0 Å². The van der Waals surface area contributed by atoms with Crippen LogP contribution in [0.15, 0.2) is 15.9 Å². The van der Waals surface area contributed by atoms with Crippen molar-refractivity contribution in [2.75, 3.05) is 26.2 Å². The highest BCUT2D eigenvalue weighted by atomic mass is 79.9. The highest BCUT2D eigenvalue weighted by Gasteiger charge is 2.33. The van der Waals surface area contributed by atoms with Gasteiger partial charge >= 0.3 is 0 Å². The summed E-state index contributed by atoms with van der Waals surface area (Å²) in [6.07, 6.45) is 3.97. The number of piperazine rings is 1. The minimum Gasteiger partial charge on any atom is -0.298 e. The molecule has 3 heterocycles. The van der Waals surface area contributed by atoms with Crippen molar-refractivity contribution in [2.45, 2.75) is 38.3 Å². The van der Waals surface area contributed by atoms with Gasteiger partial charge in [0.15, 0.2) is 5.78 Å². The summed E-state index contributed by atoms with van der Waals surface area (Å²) in [6.45, 7) is 6.22. The minimum atomic E-state index is 0.253. The second-order valence-corrected chi connectivity index (χ2v) is 7.71. The van der Waals surface area contributed by atoms with Gasteiger partial charge in [0.25, 0.3) is 0 Å². The Morgan fingerprint density at radius 1 is 1.45 bits per heavy atom. The molecule has 2 aliphatic heterocycles. The van der Waals surface area contributed by atoms with E-state index < -0.39 is 0 Å². The van der Waals surface area contributed by atoms with Gasteiger partial charge in [-0.15, -0.1) is 11.3 Å². The number of carbonyl (C=O) groups excluding carboxylic acids is 1. The monoisotopic (exact) mass is 356 g/mol. The largest absolute Gasteiger partial charge is 0.298 e. The van der Waals surface area contributed by atoms with Crippen molar-refractivity contribution in [3.63, 3.8) is 0 Å². The summed E-state index contributed by atoms with van der Waals surface area (Å²) in [7, 11) is 0. The third-order valence-electron chi connectivity index (χ3n) is 4.53. The number of hydrogen-bond acceptors (Lipinski definition) is 4. The van der Waals surface area contributed by atoms with Crippen molar-refractivity contribution < 1.29 is 4.79 Å². The van der Waals surface area contributed by atoms with E-state index in [1.807, 2.05) is 11.4 Å². The number of fused-ring (bicyclic) bond motifs is 1. The molecule has 0 bridgehead atoms. The SMILES string of the molecule is CC1CN2CCCCC2CN1CC(=O)c1sccc1Br. The molecule has 2 atom stereocenters. The molecule has 2 saturated heterocycles. The van der Waals surface area contributed by atoms with E-state index >= 15 is 0 Å². The number of rotatable bonds is 3. The lowest BCUT2D eigenvalue weighted by atomic mass is 9.97. The zero-order chi connectivity index (χ0) is 14.1. The quantitative estimate of drug-likeness (QED) is 0.776. The Morgan fingerprint density at radius 2 is 2.30 bits per heavy atom. The number of Topliss-reactive ketones (excluding diaryl/α,β-unsaturated/α-hetero) is 1. The summed E-state index contributed by atoms with van der Waals surface area (Å²) in [5.41, 5.74) is 0. The van der Waals surface area contributed by atoms with Crippen LogP contribution >= 0.6 is 27.3 Å². The number of halogens is 1. The second-order valence-electron chi connectivity index (χ2n) is 5.94. The summed E-state index contributed by atoms with van der Waals surface area (Å²) in [6, 6.07) is 3.10. The summed E-state index contributed by atoms with van der Waals surface area (Å²) in [5, 5.41) is 1.97. The molecule has 0 spiro atoms. The molecule has 2 unspecified atom stereocenters. The lowest BCUT2D eigenvalue weighted by molar-refractivity contribution is 0.0167. The summed E-state index contributed by atoms with van der Waals surface area (Å²) in [4.78, 5) is 18.3. The molecule has 3 rings (SSSR count). The zero-order valence-corrected chi connectivity index (χ0v) is 14.3. The number of nitrogens with zero attached hydrogens (tertiary/aromatic N) is 2. The lowest BCUT2D eigenvalue weighted by Gasteiger charge is -2.47. The van der Waals surface area contributed by atoms with E-state index in [0.717, 1.165) is 22.4 Å². The zero-order valence-electron chi connectivity index (χ0n) is 11.8. The van der Waals surface area contributed by atoms with Gasteiger partial charge in [-0.1, -0.05) is 6.42 Å². The highest BCUT2D eigenvalue weighted by Crippen LogP contribution is 2.26. The fourth-order valence-corrected chi connectivity index (χ4v) is 4.91. The second kappa shape index (κ2) is 6.26. The van der Waals surface area contributed by atoms with E-state index in [-0.39, 0.29) is 5.78 Å². The average Bonchev–Trinajstić information content (AvgIpc) is 2.86. The summed E-state index contributed by atoms with van der Waals surface area (Å²) < 4.78 is 0.941. The predicted octanol–water partition coefficient (Wildman–Crippen LogP) is 3.25. The Hall–Kier alpha value is -0.230. The molecule has 0 saturated carbocycles. The van der Waals surface area contributed by atoms with Gasteiger partial charge < -0.3 is 0 Å². The van der Waals surface area contributed by atoms with E-state index in [1.165, 1.54) is 37.1 Å². The van der Waals surface area contributed by atoms with Crippen molar-refractivity contribution in [2.24, 2.45) is 0 Å². The Labute approximate surface area is 133 Å². The number of thiophene rings is 1. The van der Waals surface area contributed by atoms with E-state index in [0.29, 0.717) is 18.6 Å². The van der Waals surface area contributed by atoms with Crippen LogP contribution in [-0.2, 0) is 0 Å². The fourth-order valence-electron chi connectivity index (χ4n) is 3.38. The highest BCUT2D eigenvalue weighted by molar-refractivity contribution is 9.10. The van der Waals surface area contributed by atoms with Crippen molar-refractivity contribution in [1.82, 2.24) is 9.80 Å². The first kappa shape index (κ1) is 14.7. The topological polar surface area (TPSA) is 23.6 Å². The predicted molar refractivity (Wildman–Crippen MR) is 86.6 cm³/mol. The molecule has 0 radical (unpaired) electrons. The van der Waals surface area contributed by atoms with Crippen LogP contribution in [0.1, 0.15) is 35.9 Å². The molecule has 5 heteroatoms. The molecule has 0 aliphatic carbocycles. The Balaban J connectivity index is 1.65. The molecule has 110 valence electrons. The van der Waals surface area contributed by atoms with Gasteiger partial charge in [-0.2, -0.15) is 0 Å². The van der Waals surface area contributed by atoms with Gasteiger partial charge in [-0.05, 0) is 53.7 Å². The molecule has 3 nitrogen and oxygen atoms in total. The van der Waals surface area contributed by atoms with E-state index in [2.05, 4.69) is 32.7 Å². The van der Waals surface area contributed by atoms with E-state index in [1.54, 1.807) is 0 Å². The molecule has 1 aromatic rings. The van der Waals surface area contributed by atoms with Gasteiger partial charge in [0.2, 0.25) is 0 Å². The molecular weight excluding hydrogens is 336 g/mol. The number of piperidine rings is 1. The lowest BCUT2D eigenvalue weighted by Crippen LogP contribution is -2.59. The van der Waals surface area contributed by atoms with E-state index in [9.17, 15) is 4.79 Å². The molecule has 20 heavy (non-hydrogen) atoms. The third-order valence-corrected chi connectivity index (χ3v) is 6.41. The van der Waals surface area contributed by atoms with Gasteiger partial charge in [-0.3, -0.25) is 14.6 Å². The standard InChI is InChI=1S/C15H21BrN2OS/c1-11-8-17-6-3-2-4-12(17)9-18(11)10-14(19)15-13(16)5-7-20-15/h5,7,11-12H,2-4,6,8-10H2,1H3. The maximum Gasteiger partial charge on any atom is 0.187 e. The van der Waals surface area contributed by atoms with Crippen molar-refractivity contribution >= 4 is 33.0 Å². The molecule has 0 aromatic carbocycles. The van der Waals surface area contributed by atoms with Gasteiger partial charge in [0.1, 0.15) is 0 Å². The fraction of sp³-hybridized carbons (Fsp3) is 0.667. The molecule has 2 aliphatic rings. The van der Waals surface area contributed by atoms with Crippen molar-refractivity contribution in [3.8, 4) is 0 Å². The van der Waals surface area contributed by atoms with Crippen LogP contribution in [0, 0.1) is 0 Å². The van der Waals surface area contributed by atoms with Crippen molar-refractivity contribution in [1.29, 1.82) is 0 Å². The molecular formula is C15H21BrN2OS. The Kier molecular flexibility index (Phi) is 4.60. The van der Waals surface area contributed by atoms with Gasteiger partial charge in [0, 0.05) is 29.6 Å². The number of carbonyl (C=O) groups is 1. The third kappa shape index (κ3) is 3.01. The summed E-state index contributed by atoms with van der Waals surface area (Å²) >= 11 is 5.00. The average molecular weight is 357 g/mol. The first-order valence-corrected chi connectivity index (χ1v) is 9.06. The molecule has 2 fully saturated rings. The maximum atomic E-state index is 12.4. The number of hydrogen-bond donors (Lipinski definition) is 0. The van der Waals surface area contributed by atoms with Crippen LogP contribution in [0.3, 0.4) is 0 Å². The van der Waals surface area contributed by atoms with Crippen molar-refractivity contribution in [3.05, 3.63) is 20.8 Å². The van der Waals surface area contributed by atoms with Crippen LogP contribution in [0.5, 0.6) is 0 Å². The van der Waals surface area contributed by atoms with Crippen LogP contribution in [-0.4, -0.2) is 53.8 Å². The Morgan fingerprint density at radius 3 is 3.05 bits per heavy atom. The molecule has 0 N–H and O–H groups in total. The normalized spacial score (nSPS) is 28.3. The first-order valence-electron chi connectivity index (χ1n) is 7.39. The van der Waals surface area contributed by atoms with Crippen LogP contribution in [0.25, 0.3) is 0 Å². The van der Waals surface area contributed by atoms with Crippen LogP contribution in [0.2, 0.25) is 0 Å². The summed E-state index contributed by atoms with van der Waals surface area (Å²) in [5.74, 6) is 0.253. The smallest absolute Gasteiger partial charge is 0.187 e. The first-order chi connectivity index (χ1) is 9.65. The molecule has 0 amide bonds. The van der Waals surface area contributed by atoms with Crippen LogP contribution < -0.4 is 0 Å². The van der Waals surface area contributed by atoms with E-state index in [4.69, 9.17) is 0 Å². The van der Waals surface area contributed by atoms with Crippen LogP contribution in [0.4, 0.5) is 0 Å². The maximum absolute atomic E-state index is 12.4. The number of ketones is 1. The minimum absolute atomic E-state index is 0.253.